The first-order chi connectivity index (χ1) is 8.08. The van der Waals surface area contributed by atoms with E-state index in [0.29, 0.717) is 11.2 Å². The smallest absolute Gasteiger partial charge is 0.143 e. The number of nitrogens with one attached hydrogen (secondary N) is 1. The molecule has 0 spiro atoms. The number of rotatable bonds is 3. The Morgan fingerprint density at radius 1 is 1.29 bits per heavy atom. The third-order valence-corrected chi connectivity index (χ3v) is 4.46. The second-order valence-corrected chi connectivity index (χ2v) is 6.36. The molecule has 1 aliphatic rings. The summed E-state index contributed by atoms with van der Waals surface area (Å²) in [6.07, 6.45) is 0.219. The van der Waals surface area contributed by atoms with Crippen LogP contribution in [-0.2, 0) is 0 Å². The SMILES string of the molecule is CC(C)Oc1cccc2c1NCC(C(C)C)S2. The van der Waals surface area contributed by atoms with Gasteiger partial charge in [-0.2, -0.15) is 0 Å². The van der Waals surface area contributed by atoms with Crippen molar-refractivity contribution in [1.82, 2.24) is 0 Å². The average molecular weight is 251 g/mol. The first kappa shape index (κ1) is 12.6. The molecule has 0 aromatic heterocycles. The highest BCUT2D eigenvalue weighted by molar-refractivity contribution is 8.00. The molecule has 1 aromatic rings. The van der Waals surface area contributed by atoms with Crippen molar-refractivity contribution in [2.24, 2.45) is 5.92 Å². The van der Waals surface area contributed by atoms with Gasteiger partial charge >= 0.3 is 0 Å². The van der Waals surface area contributed by atoms with Crippen LogP contribution in [0.4, 0.5) is 5.69 Å². The molecule has 0 radical (unpaired) electrons. The van der Waals surface area contributed by atoms with Crippen LogP contribution < -0.4 is 10.1 Å². The molecule has 0 saturated heterocycles. The van der Waals surface area contributed by atoms with Crippen molar-refractivity contribution in [1.29, 1.82) is 0 Å². The van der Waals surface area contributed by atoms with Gasteiger partial charge in [-0.15, -0.1) is 11.8 Å². The number of hydrogen-bond donors (Lipinski definition) is 1. The van der Waals surface area contributed by atoms with E-state index < -0.39 is 0 Å². The molecule has 0 aliphatic carbocycles. The van der Waals surface area contributed by atoms with Crippen molar-refractivity contribution >= 4 is 17.4 Å². The number of ether oxygens (including phenoxy) is 1. The monoisotopic (exact) mass is 251 g/mol. The predicted molar refractivity (Wildman–Crippen MR) is 75.2 cm³/mol. The second-order valence-electron chi connectivity index (χ2n) is 5.08. The van der Waals surface area contributed by atoms with Crippen molar-refractivity contribution in [2.75, 3.05) is 11.9 Å². The largest absolute Gasteiger partial charge is 0.489 e. The quantitative estimate of drug-likeness (QED) is 0.877. The Morgan fingerprint density at radius 3 is 2.71 bits per heavy atom. The Morgan fingerprint density at radius 2 is 2.06 bits per heavy atom. The number of hydrogen-bond acceptors (Lipinski definition) is 3. The van der Waals surface area contributed by atoms with E-state index in [4.69, 9.17) is 4.74 Å². The van der Waals surface area contributed by atoms with Gasteiger partial charge in [-0.3, -0.25) is 0 Å². The first-order valence-electron chi connectivity index (χ1n) is 6.28. The minimum Gasteiger partial charge on any atom is -0.489 e. The van der Waals surface area contributed by atoms with Crippen LogP contribution in [0, 0.1) is 5.92 Å². The molecule has 2 nitrogen and oxygen atoms in total. The summed E-state index contributed by atoms with van der Waals surface area (Å²) >= 11 is 1.96. The van der Waals surface area contributed by atoms with Gasteiger partial charge in [-0.05, 0) is 31.9 Å². The normalized spacial score (nSPS) is 19.1. The highest BCUT2D eigenvalue weighted by atomic mass is 32.2. The molecular formula is C14H21NOS. The Kier molecular flexibility index (Phi) is 3.87. The van der Waals surface area contributed by atoms with Gasteiger partial charge in [0.2, 0.25) is 0 Å². The summed E-state index contributed by atoms with van der Waals surface area (Å²) < 4.78 is 5.83. The molecule has 1 N–H and O–H groups in total. The lowest BCUT2D eigenvalue weighted by atomic mass is 10.1. The van der Waals surface area contributed by atoms with E-state index in [1.54, 1.807) is 0 Å². The van der Waals surface area contributed by atoms with E-state index in [0.717, 1.165) is 12.3 Å². The van der Waals surface area contributed by atoms with E-state index in [1.165, 1.54) is 10.6 Å². The van der Waals surface area contributed by atoms with Crippen LogP contribution in [0.15, 0.2) is 23.1 Å². The molecule has 3 heteroatoms. The van der Waals surface area contributed by atoms with Gasteiger partial charge < -0.3 is 10.1 Å². The van der Waals surface area contributed by atoms with Gasteiger partial charge in [0.15, 0.2) is 0 Å². The van der Waals surface area contributed by atoms with Crippen LogP contribution in [0.5, 0.6) is 5.75 Å². The van der Waals surface area contributed by atoms with Gasteiger partial charge in [0.1, 0.15) is 5.75 Å². The van der Waals surface area contributed by atoms with Gasteiger partial charge in [-0.1, -0.05) is 19.9 Å². The number of para-hydroxylation sites is 1. The molecule has 17 heavy (non-hydrogen) atoms. The molecule has 1 unspecified atom stereocenters. The van der Waals surface area contributed by atoms with E-state index in [-0.39, 0.29) is 6.10 Å². The van der Waals surface area contributed by atoms with Crippen molar-refractivity contribution in [3.05, 3.63) is 18.2 Å². The van der Waals surface area contributed by atoms with Gasteiger partial charge in [-0.25, -0.2) is 0 Å². The van der Waals surface area contributed by atoms with E-state index >= 15 is 0 Å². The fourth-order valence-electron chi connectivity index (χ4n) is 1.91. The van der Waals surface area contributed by atoms with E-state index in [9.17, 15) is 0 Å². The molecule has 1 aliphatic heterocycles. The molecule has 0 saturated carbocycles. The summed E-state index contributed by atoms with van der Waals surface area (Å²) in [4.78, 5) is 1.31. The molecular weight excluding hydrogens is 230 g/mol. The number of anilines is 1. The maximum Gasteiger partial charge on any atom is 0.143 e. The van der Waals surface area contributed by atoms with Gasteiger partial charge in [0, 0.05) is 16.7 Å². The first-order valence-corrected chi connectivity index (χ1v) is 7.16. The minimum absolute atomic E-state index is 0.219. The van der Waals surface area contributed by atoms with Crippen molar-refractivity contribution < 1.29 is 4.74 Å². The Labute approximate surface area is 108 Å². The number of benzene rings is 1. The summed E-state index contributed by atoms with van der Waals surface area (Å²) in [6.45, 7) is 9.70. The minimum atomic E-state index is 0.219. The summed E-state index contributed by atoms with van der Waals surface area (Å²) in [7, 11) is 0. The third-order valence-electron chi connectivity index (χ3n) is 2.85. The molecule has 1 aromatic carbocycles. The summed E-state index contributed by atoms with van der Waals surface area (Å²) in [5.74, 6) is 1.67. The molecule has 0 fully saturated rings. The number of thioether (sulfide) groups is 1. The third kappa shape index (κ3) is 2.89. The number of fused-ring (bicyclic) bond motifs is 1. The lowest BCUT2D eigenvalue weighted by Gasteiger charge is -2.29. The zero-order chi connectivity index (χ0) is 12.4. The zero-order valence-corrected chi connectivity index (χ0v) is 11.8. The molecule has 0 bridgehead atoms. The summed E-state index contributed by atoms with van der Waals surface area (Å²) in [5.41, 5.74) is 1.17. The Hall–Kier alpha value is -0.830. The topological polar surface area (TPSA) is 21.3 Å². The highest BCUT2D eigenvalue weighted by Gasteiger charge is 2.23. The molecule has 94 valence electrons. The van der Waals surface area contributed by atoms with Crippen LogP contribution in [0.1, 0.15) is 27.7 Å². The average Bonchev–Trinajstić information content (AvgIpc) is 2.28. The van der Waals surface area contributed by atoms with Crippen molar-refractivity contribution in [2.45, 2.75) is 43.9 Å². The second kappa shape index (κ2) is 5.21. The van der Waals surface area contributed by atoms with E-state index in [1.807, 2.05) is 17.8 Å². The maximum atomic E-state index is 5.83. The van der Waals surface area contributed by atoms with E-state index in [2.05, 4.69) is 45.1 Å². The fourth-order valence-corrected chi connectivity index (χ4v) is 3.13. The molecule has 2 rings (SSSR count). The van der Waals surface area contributed by atoms with Crippen LogP contribution in [0.2, 0.25) is 0 Å². The van der Waals surface area contributed by atoms with Crippen LogP contribution in [0.3, 0.4) is 0 Å². The zero-order valence-electron chi connectivity index (χ0n) is 11.0. The lowest BCUT2D eigenvalue weighted by Crippen LogP contribution is -2.26. The molecule has 1 atom stereocenters. The van der Waals surface area contributed by atoms with Crippen LogP contribution >= 0.6 is 11.8 Å². The Bertz CT molecular complexity index is 390. The summed E-state index contributed by atoms with van der Waals surface area (Å²) in [5, 5.41) is 4.17. The van der Waals surface area contributed by atoms with Crippen LogP contribution in [0.25, 0.3) is 0 Å². The van der Waals surface area contributed by atoms with Gasteiger partial charge in [0.05, 0.1) is 11.8 Å². The maximum absolute atomic E-state index is 5.83. The molecule has 1 heterocycles. The van der Waals surface area contributed by atoms with Gasteiger partial charge in [0.25, 0.3) is 0 Å². The van der Waals surface area contributed by atoms with Crippen LogP contribution in [-0.4, -0.2) is 17.9 Å². The predicted octanol–water partition coefficient (Wildman–Crippen LogP) is 4.02. The van der Waals surface area contributed by atoms with Crippen molar-refractivity contribution in [3.8, 4) is 5.75 Å². The Balaban J connectivity index is 2.23. The fraction of sp³-hybridized carbons (Fsp3) is 0.571. The summed E-state index contributed by atoms with van der Waals surface area (Å²) in [6, 6.07) is 6.30. The highest BCUT2D eigenvalue weighted by Crippen LogP contribution is 2.42. The molecule has 0 amide bonds. The van der Waals surface area contributed by atoms with Crippen molar-refractivity contribution in [3.63, 3.8) is 0 Å². The standard InChI is InChI=1S/C14H21NOS/c1-9(2)13-8-15-14-11(16-10(3)4)6-5-7-12(14)17-13/h5-7,9-10,13,15H,8H2,1-4H3. The lowest BCUT2D eigenvalue weighted by molar-refractivity contribution is 0.243.